The summed E-state index contributed by atoms with van der Waals surface area (Å²) in [5.41, 5.74) is 2.32. The first-order chi connectivity index (χ1) is 12.8. The molecule has 5 nitrogen and oxygen atoms in total. The lowest BCUT2D eigenvalue weighted by atomic mass is 10.1. The van der Waals surface area contributed by atoms with E-state index < -0.39 is 5.97 Å². The van der Waals surface area contributed by atoms with E-state index in [0.717, 1.165) is 24.2 Å². The Morgan fingerprint density at radius 1 is 0.962 bits per heavy atom. The van der Waals surface area contributed by atoms with E-state index in [4.69, 9.17) is 14.2 Å². The largest absolute Gasteiger partial charge is 0.490 e. The number of carbonyl (C=O) groups excluding carboxylic acids is 1. The third-order valence-electron chi connectivity index (χ3n) is 4.21. The lowest BCUT2D eigenvalue weighted by Gasteiger charge is -2.07. The summed E-state index contributed by atoms with van der Waals surface area (Å²) >= 11 is 0. The fourth-order valence-corrected chi connectivity index (χ4v) is 2.88. The van der Waals surface area contributed by atoms with Crippen LogP contribution < -0.4 is 9.47 Å². The number of aryl methyl sites for hydroxylation is 1. The van der Waals surface area contributed by atoms with Gasteiger partial charge in [0.15, 0.2) is 23.1 Å². The van der Waals surface area contributed by atoms with Crippen molar-refractivity contribution in [1.82, 2.24) is 0 Å². The number of ether oxygens (including phenoxy) is 3. The van der Waals surface area contributed by atoms with Crippen LogP contribution >= 0.6 is 0 Å². The second-order valence-electron chi connectivity index (χ2n) is 6.17. The van der Waals surface area contributed by atoms with Gasteiger partial charge in [0.2, 0.25) is 0 Å². The zero-order chi connectivity index (χ0) is 17.8. The standard InChI is InChI=1S/C21H19NO4/c23-21-17(22-20(26-21)10-8-15-5-2-1-3-6-15)13-16-7-9-18-19(14-16)25-12-4-11-24-18/h1-3,5-7,9,13-14H,4,8,10-12H2/b17-13+. The molecule has 0 N–H and O–H groups in total. The van der Waals surface area contributed by atoms with E-state index in [-0.39, 0.29) is 0 Å². The van der Waals surface area contributed by atoms with E-state index in [1.807, 2.05) is 48.5 Å². The van der Waals surface area contributed by atoms with Crippen LogP contribution in [0.4, 0.5) is 0 Å². The van der Waals surface area contributed by atoms with Crippen molar-refractivity contribution in [2.45, 2.75) is 19.3 Å². The van der Waals surface area contributed by atoms with Crippen LogP contribution in [-0.2, 0) is 16.0 Å². The SMILES string of the molecule is O=C1OC(CCc2ccccc2)=N/C1=C/c1ccc2c(c1)OCCCO2. The lowest BCUT2D eigenvalue weighted by molar-refractivity contribution is -0.130. The van der Waals surface area contributed by atoms with Crippen molar-refractivity contribution in [2.75, 3.05) is 13.2 Å². The molecule has 0 aliphatic carbocycles. The highest BCUT2D eigenvalue weighted by atomic mass is 16.6. The van der Waals surface area contributed by atoms with Crippen LogP contribution in [0, 0.1) is 0 Å². The summed E-state index contributed by atoms with van der Waals surface area (Å²) in [5, 5.41) is 0. The molecule has 0 aromatic heterocycles. The number of carbonyl (C=O) groups is 1. The predicted octanol–water partition coefficient (Wildman–Crippen LogP) is 3.78. The van der Waals surface area contributed by atoms with Crippen LogP contribution in [0.5, 0.6) is 11.5 Å². The Labute approximate surface area is 151 Å². The number of hydrogen-bond donors (Lipinski definition) is 0. The van der Waals surface area contributed by atoms with Gasteiger partial charge in [-0.15, -0.1) is 0 Å². The van der Waals surface area contributed by atoms with E-state index in [9.17, 15) is 4.79 Å². The molecule has 0 saturated heterocycles. The van der Waals surface area contributed by atoms with Crippen LogP contribution in [0.15, 0.2) is 59.2 Å². The Kier molecular flexibility index (Phi) is 4.69. The van der Waals surface area contributed by atoms with Gasteiger partial charge in [0.05, 0.1) is 13.2 Å². The average molecular weight is 349 g/mol. The molecule has 5 heteroatoms. The zero-order valence-electron chi connectivity index (χ0n) is 14.3. The van der Waals surface area contributed by atoms with Gasteiger partial charge in [-0.2, -0.15) is 0 Å². The molecule has 132 valence electrons. The molecule has 0 fully saturated rings. The number of esters is 1. The molecule has 0 atom stereocenters. The van der Waals surface area contributed by atoms with Crippen molar-refractivity contribution in [3.63, 3.8) is 0 Å². The Morgan fingerprint density at radius 3 is 2.62 bits per heavy atom. The Bertz CT molecular complexity index is 871. The Morgan fingerprint density at radius 2 is 1.77 bits per heavy atom. The molecule has 2 aromatic carbocycles. The number of fused-ring (bicyclic) bond motifs is 1. The number of nitrogens with zero attached hydrogens (tertiary/aromatic N) is 1. The topological polar surface area (TPSA) is 57.1 Å². The van der Waals surface area contributed by atoms with Gasteiger partial charge in [-0.05, 0) is 35.8 Å². The molecule has 0 radical (unpaired) electrons. The van der Waals surface area contributed by atoms with Gasteiger partial charge in [-0.3, -0.25) is 0 Å². The highest BCUT2D eigenvalue weighted by Gasteiger charge is 2.23. The number of cyclic esters (lactones) is 1. The van der Waals surface area contributed by atoms with Crippen molar-refractivity contribution in [1.29, 1.82) is 0 Å². The maximum atomic E-state index is 12.1. The molecular formula is C21H19NO4. The summed E-state index contributed by atoms with van der Waals surface area (Å²) in [6, 6.07) is 15.7. The fourth-order valence-electron chi connectivity index (χ4n) is 2.88. The zero-order valence-corrected chi connectivity index (χ0v) is 14.3. The number of hydrogen-bond acceptors (Lipinski definition) is 5. The average Bonchev–Trinajstić information content (AvgIpc) is 2.86. The molecule has 0 amide bonds. The summed E-state index contributed by atoms with van der Waals surface area (Å²) < 4.78 is 16.6. The second-order valence-corrected chi connectivity index (χ2v) is 6.17. The molecule has 26 heavy (non-hydrogen) atoms. The quantitative estimate of drug-likeness (QED) is 0.623. The van der Waals surface area contributed by atoms with Gasteiger partial charge in [0.25, 0.3) is 0 Å². The van der Waals surface area contributed by atoms with Gasteiger partial charge in [0, 0.05) is 12.8 Å². The minimum Gasteiger partial charge on any atom is -0.490 e. The van der Waals surface area contributed by atoms with Crippen molar-refractivity contribution >= 4 is 17.9 Å². The normalized spacial score (nSPS) is 17.6. The van der Waals surface area contributed by atoms with E-state index >= 15 is 0 Å². The highest BCUT2D eigenvalue weighted by molar-refractivity contribution is 6.07. The minimum absolute atomic E-state index is 0.308. The summed E-state index contributed by atoms with van der Waals surface area (Å²) in [7, 11) is 0. The first kappa shape index (κ1) is 16.4. The molecule has 4 rings (SSSR count). The van der Waals surface area contributed by atoms with E-state index in [0.29, 0.717) is 37.0 Å². The van der Waals surface area contributed by atoms with Gasteiger partial charge in [-0.25, -0.2) is 9.79 Å². The highest BCUT2D eigenvalue weighted by Crippen LogP contribution is 2.31. The molecule has 2 heterocycles. The molecule has 0 spiro atoms. The molecular weight excluding hydrogens is 330 g/mol. The van der Waals surface area contributed by atoms with Crippen LogP contribution in [0.1, 0.15) is 24.0 Å². The van der Waals surface area contributed by atoms with Gasteiger partial charge in [-0.1, -0.05) is 36.4 Å². The smallest absolute Gasteiger partial charge is 0.363 e. The molecule has 2 aliphatic heterocycles. The van der Waals surface area contributed by atoms with Crippen molar-refractivity contribution in [3.8, 4) is 11.5 Å². The Balaban J connectivity index is 1.49. The van der Waals surface area contributed by atoms with Gasteiger partial charge in [0.1, 0.15) is 0 Å². The molecule has 2 aromatic rings. The molecule has 0 unspecified atom stereocenters. The van der Waals surface area contributed by atoms with Crippen LogP contribution in [0.2, 0.25) is 0 Å². The van der Waals surface area contributed by atoms with Crippen molar-refractivity contribution in [2.24, 2.45) is 4.99 Å². The summed E-state index contributed by atoms with van der Waals surface area (Å²) in [6.45, 7) is 1.27. The first-order valence-corrected chi connectivity index (χ1v) is 8.73. The maximum Gasteiger partial charge on any atom is 0.363 e. The van der Waals surface area contributed by atoms with Crippen LogP contribution in [0.25, 0.3) is 6.08 Å². The third kappa shape index (κ3) is 3.77. The van der Waals surface area contributed by atoms with Crippen molar-refractivity contribution in [3.05, 3.63) is 65.4 Å². The number of benzene rings is 2. The molecule has 2 aliphatic rings. The summed E-state index contributed by atoms with van der Waals surface area (Å²) in [4.78, 5) is 16.4. The maximum absolute atomic E-state index is 12.1. The fraction of sp³-hybridized carbons (Fsp3) is 0.238. The second kappa shape index (κ2) is 7.44. The monoisotopic (exact) mass is 349 g/mol. The molecule has 0 bridgehead atoms. The van der Waals surface area contributed by atoms with E-state index in [2.05, 4.69) is 4.99 Å². The lowest BCUT2D eigenvalue weighted by Crippen LogP contribution is -2.05. The Hall–Kier alpha value is -3.08. The minimum atomic E-state index is -0.417. The summed E-state index contributed by atoms with van der Waals surface area (Å²) in [6.07, 6.45) is 3.94. The van der Waals surface area contributed by atoms with Crippen LogP contribution in [0.3, 0.4) is 0 Å². The number of aliphatic imine (C=N–C) groups is 1. The van der Waals surface area contributed by atoms with E-state index in [1.54, 1.807) is 6.08 Å². The van der Waals surface area contributed by atoms with Gasteiger partial charge < -0.3 is 14.2 Å². The third-order valence-corrected chi connectivity index (χ3v) is 4.21. The first-order valence-electron chi connectivity index (χ1n) is 8.73. The predicted molar refractivity (Wildman–Crippen MR) is 98.3 cm³/mol. The van der Waals surface area contributed by atoms with Crippen LogP contribution in [-0.4, -0.2) is 25.1 Å². The van der Waals surface area contributed by atoms with Crippen molar-refractivity contribution < 1.29 is 19.0 Å². The molecule has 0 saturated carbocycles. The van der Waals surface area contributed by atoms with E-state index in [1.165, 1.54) is 5.56 Å². The van der Waals surface area contributed by atoms with Gasteiger partial charge >= 0.3 is 5.97 Å². The number of rotatable bonds is 4. The summed E-state index contributed by atoms with van der Waals surface area (Å²) in [5.74, 6) is 1.46.